The number of ketones is 2. The summed E-state index contributed by atoms with van der Waals surface area (Å²) >= 11 is 0. The van der Waals surface area contributed by atoms with E-state index in [-0.39, 0.29) is 5.58 Å². The summed E-state index contributed by atoms with van der Waals surface area (Å²) in [6, 6.07) is 2.54. The van der Waals surface area contributed by atoms with Gasteiger partial charge in [0.05, 0.1) is 0 Å². The summed E-state index contributed by atoms with van der Waals surface area (Å²) in [7, 11) is 0. The Balaban J connectivity index is 2.41. The number of hydrogen-bond acceptors (Lipinski definition) is 9. The summed E-state index contributed by atoms with van der Waals surface area (Å²) in [4.78, 5) is 35.7. The van der Waals surface area contributed by atoms with E-state index in [0.717, 1.165) is 32.0 Å². The van der Waals surface area contributed by atoms with Crippen molar-refractivity contribution in [2.45, 2.75) is 13.8 Å². The lowest BCUT2D eigenvalue weighted by molar-refractivity contribution is 0.0999. The number of rotatable bonds is 3. The average Bonchev–Trinajstić information content (AvgIpc) is 2.52. The van der Waals surface area contributed by atoms with Crippen LogP contribution in [0.5, 0.6) is 28.7 Å². The molecule has 0 saturated carbocycles. The van der Waals surface area contributed by atoms with Crippen molar-refractivity contribution in [1.82, 2.24) is 0 Å². The Morgan fingerprint density at radius 3 is 1.89 bits per heavy atom. The fraction of sp³-hybridized carbons (Fsp3) is 0.105. The highest BCUT2D eigenvalue weighted by Gasteiger charge is 2.25. The number of hydrogen-bond donors (Lipinski definition) is 5. The molecule has 1 aromatic heterocycles. The average molecular weight is 386 g/mol. The summed E-state index contributed by atoms with van der Waals surface area (Å²) in [6.45, 7) is 2.16. The van der Waals surface area contributed by atoms with Gasteiger partial charge in [0, 0.05) is 18.2 Å². The maximum atomic E-state index is 12.5. The SMILES string of the molecule is CC(=O)c1c(O)cc(O)c(-c2cc(=O)c3c(O)c(C(C)=O)c(O)cc3o2)c1O. The predicted molar refractivity (Wildman–Crippen MR) is 96.3 cm³/mol. The smallest absolute Gasteiger partial charge is 0.197 e. The minimum Gasteiger partial charge on any atom is -0.507 e. The van der Waals surface area contributed by atoms with Crippen LogP contribution in [0.1, 0.15) is 34.6 Å². The molecule has 0 aliphatic carbocycles. The normalized spacial score (nSPS) is 10.9. The number of Topliss-reactive ketones (excluding diaryl/α,β-unsaturated/α-hetero) is 2. The minimum atomic E-state index is -0.840. The Morgan fingerprint density at radius 2 is 1.32 bits per heavy atom. The number of fused-ring (bicyclic) bond motifs is 1. The molecule has 28 heavy (non-hydrogen) atoms. The maximum Gasteiger partial charge on any atom is 0.197 e. The van der Waals surface area contributed by atoms with Crippen molar-refractivity contribution in [3.8, 4) is 40.1 Å². The molecule has 2 aromatic carbocycles. The minimum absolute atomic E-state index is 0.334. The van der Waals surface area contributed by atoms with Gasteiger partial charge in [0.25, 0.3) is 0 Å². The third-order valence-corrected chi connectivity index (χ3v) is 4.18. The Bertz CT molecular complexity index is 1230. The molecule has 9 nitrogen and oxygen atoms in total. The predicted octanol–water partition coefficient (Wildman–Crippen LogP) is 2.39. The first-order chi connectivity index (χ1) is 13.0. The van der Waals surface area contributed by atoms with Crippen molar-refractivity contribution < 1.29 is 39.5 Å². The molecule has 0 saturated heterocycles. The molecular weight excluding hydrogens is 372 g/mol. The molecule has 0 aliphatic heterocycles. The summed E-state index contributed by atoms with van der Waals surface area (Å²) < 4.78 is 5.42. The van der Waals surface area contributed by atoms with Gasteiger partial charge < -0.3 is 29.9 Å². The highest BCUT2D eigenvalue weighted by Crippen LogP contribution is 2.45. The van der Waals surface area contributed by atoms with Crippen LogP contribution in [-0.2, 0) is 0 Å². The van der Waals surface area contributed by atoms with E-state index in [1.165, 1.54) is 0 Å². The second kappa shape index (κ2) is 6.31. The molecular formula is C19H14O9. The molecule has 0 unspecified atom stereocenters. The van der Waals surface area contributed by atoms with Gasteiger partial charge in [-0.1, -0.05) is 0 Å². The van der Waals surface area contributed by atoms with Crippen LogP contribution in [-0.4, -0.2) is 37.1 Å². The molecule has 9 heteroatoms. The van der Waals surface area contributed by atoms with E-state index in [1.807, 2.05) is 0 Å². The third kappa shape index (κ3) is 2.69. The molecule has 144 valence electrons. The van der Waals surface area contributed by atoms with Crippen LogP contribution >= 0.6 is 0 Å². The van der Waals surface area contributed by atoms with Crippen LogP contribution in [0, 0.1) is 0 Å². The molecule has 0 atom stereocenters. The number of benzene rings is 2. The zero-order valence-corrected chi connectivity index (χ0v) is 14.6. The van der Waals surface area contributed by atoms with E-state index in [4.69, 9.17) is 4.42 Å². The molecule has 5 N–H and O–H groups in total. The molecule has 0 aliphatic rings. The van der Waals surface area contributed by atoms with Gasteiger partial charge in [0.1, 0.15) is 62.2 Å². The molecule has 1 heterocycles. The largest absolute Gasteiger partial charge is 0.507 e. The molecule has 0 radical (unpaired) electrons. The Kier molecular flexibility index (Phi) is 4.23. The van der Waals surface area contributed by atoms with Crippen LogP contribution in [0.4, 0.5) is 0 Å². The van der Waals surface area contributed by atoms with Crippen molar-refractivity contribution >= 4 is 22.5 Å². The van der Waals surface area contributed by atoms with Gasteiger partial charge in [-0.2, -0.15) is 0 Å². The van der Waals surface area contributed by atoms with Crippen molar-refractivity contribution in [2.75, 3.05) is 0 Å². The molecule has 3 rings (SSSR count). The second-order valence-corrected chi connectivity index (χ2v) is 6.09. The van der Waals surface area contributed by atoms with Crippen molar-refractivity contribution in [3.63, 3.8) is 0 Å². The van der Waals surface area contributed by atoms with Crippen molar-refractivity contribution in [1.29, 1.82) is 0 Å². The van der Waals surface area contributed by atoms with Gasteiger partial charge in [-0.25, -0.2) is 0 Å². The van der Waals surface area contributed by atoms with Crippen LogP contribution in [0.3, 0.4) is 0 Å². The van der Waals surface area contributed by atoms with E-state index >= 15 is 0 Å². The third-order valence-electron chi connectivity index (χ3n) is 4.18. The number of aromatic hydroxyl groups is 5. The standard InChI is InChI=1S/C19H14O9/c1-6(20)14-8(22)3-9(23)16(18(14)26)13-5-11(25)17-12(28-13)4-10(24)15(7(2)21)19(17)27/h3-5,22-24,26-27H,1-2H3. The summed E-state index contributed by atoms with van der Waals surface area (Å²) in [5.74, 6) is -5.37. The van der Waals surface area contributed by atoms with Gasteiger partial charge in [-0.3, -0.25) is 14.4 Å². The molecule has 0 bridgehead atoms. The lowest BCUT2D eigenvalue weighted by atomic mass is 10.0. The van der Waals surface area contributed by atoms with Gasteiger partial charge >= 0.3 is 0 Å². The van der Waals surface area contributed by atoms with E-state index in [0.29, 0.717) is 0 Å². The van der Waals surface area contributed by atoms with E-state index in [9.17, 15) is 39.9 Å². The fourth-order valence-corrected chi connectivity index (χ4v) is 2.99. The monoisotopic (exact) mass is 386 g/mol. The first-order valence-electron chi connectivity index (χ1n) is 7.87. The number of carbonyl (C=O) groups is 2. The molecule has 3 aromatic rings. The maximum absolute atomic E-state index is 12.5. The van der Waals surface area contributed by atoms with Crippen molar-refractivity contribution in [2.24, 2.45) is 0 Å². The van der Waals surface area contributed by atoms with E-state index in [2.05, 4.69) is 0 Å². The quantitative estimate of drug-likeness (QED) is 0.425. The fourth-order valence-electron chi connectivity index (χ4n) is 2.99. The zero-order chi connectivity index (χ0) is 20.9. The number of phenols is 5. The number of phenolic OH excluding ortho intramolecular Hbond substituents is 5. The highest BCUT2D eigenvalue weighted by atomic mass is 16.3. The summed E-state index contributed by atoms with van der Waals surface area (Å²) in [5, 5.41) is 49.9. The number of carbonyl (C=O) groups excluding carboxylic acids is 2. The lowest BCUT2D eigenvalue weighted by Crippen LogP contribution is -2.04. The highest BCUT2D eigenvalue weighted by molar-refractivity contribution is 6.06. The summed E-state index contributed by atoms with van der Waals surface area (Å²) in [5.41, 5.74) is -2.57. The van der Waals surface area contributed by atoms with E-state index < -0.39 is 73.6 Å². The zero-order valence-electron chi connectivity index (χ0n) is 14.6. The molecule has 0 spiro atoms. The summed E-state index contributed by atoms with van der Waals surface area (Å²) in [6.07, 6.45) is 0. The van der Waals surface area contributed by atoms with Gasteiger partial charge in [-0.15, -0.1) is 0 Å². The Hall–Kier alpha value is -4.01. The van der Waals surface area contributed by atoms with E-state index in [1.54, 1.807) is 0 Å². The molecule has 0 amide bonds. The topological polar surface area (TPSA) is 165 Å². The van der Waals surface area contributed by atoms with Crippen LogP contribution in [0.2, 0.25) is 0 Å². The van der Waals surface area contributed by atoms with Gasteiger partial charge in [0.15, 0.2) is 17.0 Å². The van der Waals surface area contributed by atoms with Crippen molar-refractivity contribution in [3.05, 3.63) is 39.5 Å². The first kappa shape index (κ1) is 18.8. The first-order valence-corrected chi connectivity index (χ1v) is 7.87. The van der Waals surface area contributed by atoms with Crippen LogP contribution in [0.25, 0.3) is 22.3 Å². The van der Waals surface area contributed by atoms with Crippen LogP contribution in [0.15, 0.2) is 27.4 Å². The van der Waals surface area contributed by atoms with Gasteiger partial charge in [-0.05, 0) is 13.8 Å². The molecule has 0 fully saturated rings. The lowest BCUT2D eigenvalue weighted by Gasteiger charge is -2.13. The van der Waals surface area contributed by atoms with Crippen LogP contribution < -0.4 is 5.43 Å². The van der Waals surface area contributed by atoms with Gasteiger partial charge in [0.2, 0.25) is 0 Å². The Labute approximate surface area is 156 Å². The Morgan fingerprint density at radius 1 is 0.786 bits per heavy atom. The second-order valence-electron chi connectivity index (χ2n) is 6.09.